The van der Waals surface area contributed by atoms with Gasteiger partial charge in [0.25, 0.3) is 0 Å². The van der Waals surface area contributed by atoms with Gasteiger partial charge < -0.3 is 15.0 Å². The molecule has 2 amide bonds. The number of benzene rings is 2. The van der Waals surface area contributed by atoms with Crippen molar-refractivity contribution in [3.05, 3.63) is 59.2 Å². The molecule has 148 valence electrons. The lowest BCUT2D eigenvalue weighted by atomic mass is 10.1. The van der Waals surface area contributed by atoms with E-state index in [1.807, 2.05) is 32.0 Å². The van der Waals surface area contributed by atoms with Crippen molar-refractivity contribution >= 4 is 29.2 Å². The summed E-state index contributed by atoms with van der Waals surface area (Å²) in [6.07, 6.45) is 0.102. The van der Waals surface area contributed by atoms with Gasteiger partial charge in [-0.25, -0.2) is 4.79 Å². The number of aryl methyl sites for hydroxylation is 2. The number of nitrogens with zero attached hydrogens (tertiary/aromatic N) is 1. The summed E-state index contributed by atoms with van der Waals surface area (Å²) in [6, 6.07) is 12.5. The van der Waals surface area contributed by atoms with Crippen molar-refractivity contribution in [1.29, 1.82) is 0 Å². The van der Waals surface area contributed by atoms with Gasteiger partial charge in [0.15, 0.2) is 0 Å². The number of ether oxygens (including phenoxy) is 1. The van der Waals surface area contributed by atoms with Gasteiger partial charge in [0.05, 0.1) is 17.9 Å². The quantitative estimate of drug-likeness (QED) is 0.738. The molecule has 6 nitrogen and oxygen atoms in total. The average molecular weight is 382 g/mol. The van der Waals surface area contributed by atoms with E-state index in [-0.39, 0.29) is 31.4 Å². The molecule has 0 aliphatic carbocycles. The van der Waals surface area contributed by atoms with Crippen LogP contribution in [0.15, 0.2) is 42.5 Å². The van der Waals surface area contributed by atoms with E-state index in [9.17, 15) is 14.4 Å². The molecule has 0 radical (unpaired) electrons. The molecule has 2 rings (SSSR count). The summed E-state index contributed by atoms with van der Waals surface area (Å²) in [5.74, 6) is -0.898. The zero-order valence-electron chi connectivity index (χ0n) is 16.7. The molecule has 0 saturated carbocycles. The van der Waals surface area contributed by atoms with Gasteiger partial charge in [-0.3, -0.25) is 9.59 Å². The van der Waals surface area contributed by atoms with Crippen molar-refractivity contribution in [1.82, 2.24) is 0 Å². The van der Waals surface area contributed by atoms with E-state index in [4.69, 9.17) is 4.74 Å². The van der Waals surface area contributed by atoms with Crippen molar-refractivity contribution < 1.29 is 19.1 Å². The highest BCUT2D eigenvalue weighted by atomic mass is 16.5. The lowest BCUT2D eigenvalue weighted by Crippen LogP contribution is -2.33. The first kappa shape index (κ1) is 21.2. The van der Waals surface area contributed by atoms with Gasteiger partial charge >= 0.3 is 5.97 Å². The van der Waals surface area contributed by atoms with Gasteiger partial charge in [-0.05, 0) is 44.0 Å². The predicted molar refractivity (Wildman–Crippen MR) is 110 cm³/mol. The molecule has 0 fully saturated rings. The molecule has 0 aromatic heterocycles. The van der Waals surface area contributed by atoms with Crippen LogP contribution in [-0.2, 0) is 14.3 Å². The van der Waals surface area contributed by atoms with Crippen LogP contribution in [0.3, 0.4) is 0 Å². The number of carbonyl (C=O) groups excluding carboxylic acids is 3. The number of esters is 1. The van der Waals surface area contributed by atoms with Crippen LogP contribution in [0.5, 0.6) is 0 Å². The normalized spacial score (nSPS) is 10.3. The van der Waals surface area contributed by atoms with E-state index >= 15 is 0 Å². The Kier molecular flexibility index (Phi) is 7.32. The highest BCUT2D eigenvalue weighted by Crippen LogP contribution is 2.25. The standard InChI is InChI=1S/C22H26N2O4/c1-5-28-22(27)18-11-6-7-12-19(18)23-20(26)13-14-24(17(4)25)21-15(2)9-8-10-16(21)3/h6-12H,5,13-14H2,1-4H3,(H,23,26). The van der Waals surface area contributed by atoms with E-state index < -0.39 is 5.97 Å². The number of anilines is 2. The minimum atomic E-state index is -0.487. The highest BCUT2D eigenvalue weighted by molar-refractivity contribution is 6.02. The molecule has 6 heteroatoms. The minimum absolute atomic E-state index is 0.102. The number of rotatable bonds is 7. The molecule has 0 heterocycles. The van der Waals surface area contributed by atoms with Crippen LogP contribution >= 0.6 is 0 Å². The fourth-order valence-electron chi connectivity index (χ4n) is 3.06. The molecule has 1 N–H and O–H groups in total. The average Bonchev–Trinajstić information content (AvgIpc) is 2.64. The van der Waals surface area contributed by atoms with E-state index in [0.29, 0.717) is 11.3 Å². The predicted octanol–water partition coefficient (Wildman–Crippen LogP) is 3.86. The van der Waals surface area contributed by atoms with Gasteiger partial charge in [0.2, 0.25) is 11.8 Å². The summed E-state index contributed by atoms with van der Waals surface area (Å²) in [7, 11) is 0. The number of hydrogen-bond donors (Lipinski definition) is 1. The SMILES string of the molecule is CCOC(=O)c1ccccc1NC(=O)CCN(C(C)=O)c1c(C)cccc1C. The Morgan fingerprint density at radius 1 is 1.00 bits per heavy atom. The maximum absolute atomic E-state index is 12.5. The number of nitrogens with one attached hydrogen (secondary N) is 1. The number of carbonyl (C=O) groups is 3. The van der Waals surface area contributed by atoms with Crippen LogP contribution in [0, 0.1) is 13.8 Å². The fraction of sp³-hybridized carbons (Fsp3) is 0.318. The van der Waals surface area contributed by atoms with Gasteiger partial charge in [0, 0.05) is 25.6 Å². The largest absolute Gasteiger partial charge is 0.462 e. The van der Waals surface area contributed by atoms with Crippen LogP contribution in [-0.4, -0.2) is 30.9 Å². The lowest BCUT2D eigenvalue weighted by Gasteiger charge is -2.25. The maximum Gasteiger partial charge on any atom is 0.340 e. The van der Waals surface area contributed by atoms with Gasteiger partial charge in [0.1, 0.15) is 0 Å². The second kappa shape index (κ2) is 9.69. The molecule has 0 aliphatic heterocycles. The first-order valence-electron chi connectivity index (χ1n) is 9.25. The summed E-state index contributed by atoms with van der Waals surface area (Å²) in [4.78, 5) is 38.3. The monoisotopic (exact) mass is 382 g/mol. The zero-order chi connectivity index (χ0) is 20.7. The number of hydrogen-bond acceptors (Lipinski definition) is 4. The number of amides is 2. The summed E-state index contributed by atoms with van der Waals surface area (Å²) in [6.45, 7) is 7.59. The highest BCUT2D eigenvalue weighted by Gasteiger charge is 2.18. The first-order valence-corrected chi connectivity index (χ1v) is 9.25. The summed E-state index contributed by atoms with van der Waals surface area (Å²) >= 11 is 0. The molecular formula is C22H26N2O4. The van der Waals surface area contributed by atoms with E-state index in [2.05, 4.69) is 5.32 Å². The number of para-hydroxylation sites is 2. The van der Waals surface area contributed by atoms with Gasteiger partial charge in [-0.15, -0.1) is 0 Å². The molecule has 0 saturated heterocycles. The second-order valence-corrected chi connectivity index (χ2v) is 6.48. The molecule has 0 unspecified atom stereocenters. The van der Waals surface area contributed by atoms with Gasteiger partial charge in [-0.1, -0.05) is 30.3 Å². The lowest BCUT2D eigenvalue weighted by molar-refractivity contribution is -0.117. The Bertz CT molecular complexity index is 856. The molecule has 0 atom stereocenters. The third kappa shape index (κ3) is 5.19. The fourth-order valence-corrected chi connectivity index (χ4v) is 3.06. The Morgan fingerprint density at radius 3 is 2.25 bits per heavy atom. The molecule has 28 heavy (non-hydrogen) atoms. The van der Waals surface area contributed by atoms with Crippen LogP contribution in [0.1, 0.15) is 41.8 Å². The molecular weight excluding hydrogens is 356 g/mol. The van der Waals surface area contributed by atoms with Crippen LogP contribution in [0.2, 0.25) is 0 Å². The van der Waals surface area contributed by atoms with Crippen molar-refractivity contribution in [2.45, 2.75) is 34.1 Å². The molecule has 0 spiro atoms. The Labute approximate surface area is 165 Å². The Hall–Kier alpha value is -3.15. The van der Waals surface area contributed by atoms with Crippen molar-refractivity contribution in [2.75, 3.05) is 23.4 Å². The van der Waals surface area contributed by atoms with Crippen LogP contribution in [0.25, 0.3) is 0 Å². The van der Waals surface area contributed by atoms with Crippen molar-refractivity contribution in [2.24, 2.45) is 0 Å². The molecule has 0 aliphatic rings. The second-order valence-electron chi connectivity index (χ2n) is 6.48. The molecule has 2 aromatic rings. The van der Waals surface area contributed by atoms with Crippen molar-refractivity contribution in [3.63, 3.8) is 0 Å². The van der Waals surface area contributed by atoms with E-state index in [1.54, 1.807) is 36.1 Å². The summed E-state index contributed by atoms with van der Waals surface area (Å²) in [5, 5.41) is 2.75. The Balaban J connectivity index is 2.11. The third-order valence-corrected chi connectivity index (χ3v) is 4.35. The Morgan fingerprint density at radius 2 is 1.64 bits per heavy atom. The van der Waals surface area contributed by atoms with Crippen molar-refractivity contribution in [3.8, 4) is 0 Å². The van der Waals surface area contributed by atoms with E-state index in [0.717, 1.165) is 16.8 Å². The minimum Gasteiger partial charge on any atom is -0.462 e. The zero-order valence-corrected chi connectivity index (χ0v) is 16.7. The first-order chi connectivity index (χ1) is 13.3. The van der Waals surface area contributed by atoms with E-state index in [1.165, 1.54) is 6.92 Å². The molecule has 2 aromatic carbocycles. The smallest absolute Gasteiger partial charge is 0.340 e. The third-order valence-electron chi connectivity index (χ3n) is 4.35. The topological polar surface area (TPSA) is 75.7 Å². The van der Waals surface area contributed by atoms with Crippen LogP contribution in [0.4, 0.5) is 11.4 Å². The summed E-state index contributed by atoms with van der Waals surface area (Å²) < 4.78 is 5.02. The van der Waals surface area contributed by atoms with Gasteiger partial charge in [-0.2, -0.15) is 0 Å². The van der Waals surface area contributed by atoms with Crippen LogP contribution < -0.4 is 10.2 Å². The summed E-state index contributed by atoms with van der Waals surface area (Å²) in [5.41, 5.74) is 3.48. The maximum atomic E-state index is 12.5. The molecule has 0 bridgehead atoms.